The molecule has 2 fully saturated rings. The Morgan fingerprint density at radius 3 is 2.50 bits per heavy atom. The van der Waals surface area contributed by atoms with Crippen molar-refractivity contribution in [2.24, 2.45) is 0 Å². The fourth-order valence-corrected chi connectivity index (χ4v) is 3.18. The van der Waals surface area contributed by atoms with Crippen molar-refractivity contribution < 1.29 is 5.11 Å². The molecule has 4 heteroatoms. The number of piperidine rings is 1. The summed E-state index contributed by atoms with van der Waals surface area (Å²) in [5.74, 6) is 0. The largest absolute Gasteiger partial charge is 0.383 e. The number of hydrogen-bond donors (Lipinski definition) is 2. The predicted molar refractivity (Wildman–Crippen MR) is 59.8 cm³/mol. The normalized spacial score (nSPS) is 37.6. The van der Waals surface area contributed by atoms with Crippen LogP contribution in [0.25, 0.3) is 0 Å². The summed E-state index contributed by atoms with van der Waals surface area (Å²) in [5.41, 5.74) is 0.856. The van der Waals surface area contributed by atoms with Crippen molar-refractivity contribution >= 4 is 0 Å². The van der Waals surface area contributed by atoms with Gasteiger partial charge in [-0.3, -0.25) is 9.97 Å². The zero-order chi connectivity index (χ0) is 11.2. The van der Waals surface area contributed by atoms with Gasteiger partial charge in [0.1, 0.15) is 5.60 Å². The molecule has 0 saturated carbocycles. The Morgan fingerprint density at radius 2 is 1.88 bits per heavy atom. The lowest BCUT2D eigenvalue weighted by atomic mass is 9.84. The second kappa shape index (κ2) is 3.50. The van der Waals surface area contributed by atoms with E-state index in [1.807, 2.05) is 6.92 Å². The monoisotopic (exact) mass is 219 g/mol. The van der Waals surface area contributed by atoms with Crippen molar-refractivity contribution in [2.75, 3.05) is 0 Å². The molecule has 1 aromatic heterocycles. The van der Waals surface area contributed by atoms with E-state index in [-0.39, 0.29) is 0 Å². The first kappa shape index (κ1) is 10.2. The first-order valence-corrected chi connectivity index (χ1v) is 5.94. The Balaban J connectivity index is 1.96. The van der Waals surface area contributed by atoms with Crippen LogP contribution < -0.4 is 5.32 Å². The van der Waals surface area contributed by atoms with Crippen LogP contribution in [0, 0.1) is 6.92 Å². The predicted octanol–water partition coefficient (Wildman–Crippen LogP) is 0.887. The molecule has 0 spiro atoms. The third-order valence-corrected chi connectivity index (χ3v) is 3.83. The maximum atomic E-state index is 10.8. The van der Waals surface area contributed by atoms with Crippen LogP contribution in [0.15, 0.2) is 12.4 Å². The minimum Gasteiger partial charge on any atom is -0.383 e. The lowest BCUT2D eigenvalue weighted by Crippen LogP contribution is -2.47. The first-order chi connectivity index (χ1) is 7.67. The molecular weight excluding hydrogens is 202 g/mol. The maximum Gasteiger partial charge on any atom is 0.111 e. The van der Waals surface area contributed by atoms with Crippen LogP contribution in [0.2, 0.25) is 0 Å². The third-order valence-electron chi connectivity index (χ3n) is 3.83. The highest BCUT2D eigenvalue weighted by molar-refractivity contribution is 5.20. The van der Waals surface area contributed by atoms with E-state index in [1.54, 1.807) is 12.4 Å². The van der Waals surface area contributed by atoms with Gasteiger partial charge in [-0.2, -0.15) is 0 Å². The minimum atomic E-state index is -0.768. The van der Waals surface area contributed by atoms with Gasteiger partial charge in [-0.15, -0.1) is 0 Å². The van der Waals surface area contributed by atoms with E-state index >= 15 is 0 Å². The van der Waals surface area contributed by atoms with E-state index in [0.717, 1.165) is 24.2 Å². The fraction of sp³-hybridized carbons (Fsp3) is 0.667. The summed E-state index contributed by atoms with van der Waals surface area (Å²) in [4.78, 5) is 8.56. The summed E-state index contributed by atoms with van der Waals surface area (Å²) in [6.45, 7) is 1.92. The van der Waals surface area contributed by atoms with E-state index in [9.17, 15) is 5.11 Å². The first-order valence-electron chi connectivity index (χ1n) is 5.94. The highest BCUT2D eigenvalue weighted by Gasteiger charge is 2.45. The molecule has 0 aromatic carbocycles. The number of aromatic nitrogens is 2. The van der Waals surface area contributed by atoms with Gasteiger partial charge >= 0.3 is 0 Å². The molecule has 3 heterocycles. The summed E-state index contributed by atoms with van der Waals surface area (Å²) < 4.78 is 0. The van der Waals surface area contributed by atoms with Crippen LogP contribution in [0.5, 0.6) is 0 Å². The zero-order valence-corrected chi connectivity index (χ0v) is 9.48. The van der Waals surface area contributed by atoms with Crippen LogP contribution in [-0.2, 0) is 5.60 Å². The van der Waals surface area contributed by atoms with Crippen molar-refractivity contribution in [3.05, 3.63) is 23.8 Å². The van der Waals surface area contributed by atoms with Crippen LogP contribution >= 0.6 is 0 Å². The quantitative estimate of drug-likeness (QED) is 0.736. The summed E-state index contributed by atoms with van der Waals surface area (Å²) in [7, 11) is 0. The van der Waals surface area contributed by atoms with E-state index in [4.69, 9.17) is 0 Å². The van der Waals surface area contributed by atoms with Crippen LogP contribution in [0.3, 0.4) is 0 Å². The molecule has 4 nitrogen and oxygen atoms in total. The zero-order valence-electron chi connectivity index (χ0n) is 9.48. The third kappa shape index (κ3) is 1.53. The molecule has 1 aromatic rings. The van der Waals surface area contributed by atoms with Crippen molar-refractivity contribution in [3.8, 4) is 0 Å². The summed E-state index contributed by atoms with van der Waals surface area (Å²) in [6.07, 6.45) is 7.23. The van der Waals surface area contributed by atoms with Crippen molar-refractivity contribution in [3.63, 3.8) is 0 Å². The molecule has 0 aliphatic carbocycles. The molecule has 2 unspecified atom stereocenters. The highest BCUT2D eigenvalue weighted by atomic mass is 16.3. The highest BCUT2D eigenvalue weighted by Crippen LogP contribution is 2.40. The molecule has 0 amide bonds. The molecule has 2 saturated heterocycles. The van der Waals surface area contributed by atoms with E-state index in [0.29, 0.717) is 12.1 Å². The Morgan fingerprint density at radius 1 is 1.25 bits per heavy atom. The Bertz CT molecular complexity index is 395. The van der Waals surface area contributed by atoms with Gasteiger partial charge in [0.2, 0.25) is 0 Å². The van der Waals surface area contributed by atoms with Crippen molar-refractivity contribution in [1.82, 2.24) is 15.3 Å². The molecule has 16 heavy (non-hydrogen) atoms. The van der Waals surface area contributed by atoms with E-state index < -0.39 is 5.60 Å². The number of fused-ring (bicyclic) bond motifs is 2. The smallest absolute Gasteiger partial charge is 0.111 e. The molecule has 2 atom stereocenters. The minimum absolute atomic E-state index is 0.449. The number of aliphatic hydroxyl groups is 1. The topological polar surface area (TPSA) is 58.0 Å². The molecule has 0 radical (unpaired) electrons. The van der Waals surface area contributed by atoms with Gasteiger partial charge in [-0.25, -0.2) is 0 Å². The van der Waals surface area contributed by atoms with E-state index in [1.165, 1.54) is 12.8 Å². The molecule has 2 N–H and O–H groups in total. The fourth-order valence-electron chi connectivity index (χ4n) is 3.18. The Hall–Kier alpha value is -1.00. The van der Waals surface area contributed by atoms with Gasteiger partial charge in [0.25, 0.3) is 0 Å². The second-order valence-corrected chi connectivity index (χ2v) is 5.07. The van der Waals surface area contributed by atoms with Crippen LogP contribution in [-0.4, -0.2) is 27.2 Å². The summed E-state index contributed by atoms with van der Waals surface area (Å²) in [6, 6.07) is 0.898. The number of aryl methyl sites for hydroxylation is 1. The lowest BCUT2D eigenvalue weighted by molar-refractivity contribution is -0.0162. The average molecular weight is 219 g/mol. The molecular formula is C12H17N3O. The molecule has 2 aliphatic rings. The number of rotatable bonds is 1. The van der Waals surface area contributed by atoms with Gasteiger partial charge in [0.05, 0.1) is 11.4 Å². The molecule has 2 bridgehead atoms. The number of nitrogens with zero attached hydrogens (tertiary/aromatic N) is 2. The van der Waals surface area contributed by atoms with Gasteiger partial charge in [0.15, 0.2) is 0 Å². The lowest BCUT2D eigenvalue weighted by Gasteiger charge is -2.37. The SMILES string of the molecule is Cc1nccnc1C1(O)CC2CCC(C1)N2. The number of hydrogen-bond acceptors (Lipinski definition) is 4. The van der Waals surface area contributed by atoms with Gasteiger partial charge in [-0.05, 0) is 32.6 Å². The van der Waals surface area contributed by atoms with Crippen LogP contribution in [0.4, 0.5) is 0 Å². The van der Waals surface area contributed by atoms with E-state index in [2.05, 4.69) is 15.3 Å². The average Bonchev–Trinajstić information content (AvgIpc) is 2.59. The summed E-state index contributed by atoms with van der Waals surface area (Å²) >= 11 is 0. The van der Waals surface area contributed by atoms with Crippen molar-refractivity contribution in [1.29, 1.82) is 0 Å². The maximum absolute atomic E-state index is 10.8. The standard InChI is InChI=1S/C12H17N3O/c1-8-11(14-5-4-13-8)12(16)6-9-2-3-10(7-12)15-9/h4-5,9-10,15-16H,2-3,6-7H2,1H3. The number of nitrogens with one attached hydrogen (secondary N) is 1. The summed E-state index contributed by atoms with van der Waals surface area (Å²) in [5, 5.41) is 14.3. The second-order valence-electron chi connectivity index (χ2n) is 5.07. The molecule has 3 rings (SSSR count). The van der Waals surface area contributed by atoms with Gasteiger partial charge < -0.3 is 10.4 Å². The Labute approximate surface area is 95.1 Å². The molecule has 86 valence electrons. The van der Waals surface area contributed by atoms with Gasteiger partial charge in [-0.1, -0.05) is 0 Å². The molecule has 2 aliphatic heterocycles. The van der Waals surface area contributed by atoms with Gasteiger partial charge in [0, 0.05) is 24.5 Å². The van der Waals surface area contributed by atoms with Crippen molar-refractivity contribution in [2.45, 2.75) is 50.3 Å². The van der Waals surface area contributed by atoms with Crippen LogP contribution in [0.1, 0.15) is 37.1 Å². The Kier molecular flexibility index (Phi) is 2.23.